The van der Waals surface area contributed by atoms with E-state index in [4.69, 9.17) is 9.84 Å². The van der Waals surface area contributed by atoms with Gasteiger partial charge in [0.05, 0.1) is 0 Å². The molecule has 0 bridgehead atoms. The Kier molecular flexibility index (Phi) is 4.96. The summed E-state index contributed by atoms with van der Waals surface area (Å²) in [5, 5.41) is 8.73. The first-order valence-electron chi connectivity index (χ1n) is 8.42. The number of carbonyl (C=O) groups excluding carboxylic acids is 1. The molecule has 23 heavy (non-hydrogen) atoms. The number of fused-ring (bicyclic) bond motifs is 1. The Hall–Kier alpha value is -1.88. The molecule has 0 aliphatic carbocycles. The summed E-state index contributed by atoms with van der Waals surface area (Å²) >= 11 is 0. The first-order chi connectivity index (χ1) is 11.1. The van der Waals surface area contributed by atoms with E-state index in [1.807, 2.05) is 17.0 Å². The zero-order valence-corrected chi connectivity index (χ0v) is 13.3. The molecule has 1 fully saturated rings. The van der Waals surface area contributed by atoms with E-state index in [2.05, 4.69) is 6.07 Å². The van der Waals surface area contributed by atoms with Crippen molar-refractivity contribution in [2.24, 2.45) is 0 Å². The van der Waals surface area contributed by atoms with Crippen molar-refractivity contribution in [2.75, 3.05) is 18.1 Å². The highest BCUT2D eigenvalue weighted by Crippen LogP contribution is 2.30. The van der Waals surface area contributed by atoms with Crippen molar-refractivity contribution in [2.45, 2.75) is 51.0 Å². The fraction of sp³-hybridized carbons (Fsp3) is 0.556. The molecule has 5 heteroatoms. The second-order valence-electron chi connectivity index (χ2n) is 6.31. The van der Waals surface area contributed by atoms with Crippen molar-refractivity contribution in [3.05, 3.63) is 29.3 Å². The van der Waals surface area contributed by atoms with Crippen LogP contribution in [-0.4, -0.2) is 36.2 Å². The van der Waals surface area contributed by atoms with Crippen molar-refractivity contribution < 1.29 is 19.4 Å². The monoisotopic (exact) mass is 317 g/mol. The van der Waals surface area contributed by atoms with Crippen LogP contribution < -0.4 is 4.90 Å². The normalized spacial score (nSPS) is 20.3. The number of carbonyl (C=O) groups is 2. The van der Waals surface area contributed by atoms with Crippen LogP contribution in [0.5, 0.6) is 0 Å². The second-order valence-corrected chi connectivity index (χ2v) is 6.31. The molecule has 0 aromatic heterocycles. The summed E-state index contributed by atoms with van der Waals surface area (Å²) in [6, 6.07) is 6.16. The van der Waals surface area contributed by atoms with Crippen LogP contribution in [0.15, 0.2) is 18.2 Å². The zero-order chi connectivity index (χ0) is 16.2. The lowest BCUT2D eigenvalue weighted by atomic mass is 9.96. The molecule has 1 N–H and O–H groups in total. The molecular formula is C18H23NO4. The molecule has 2 heterocycles. The summed E-state index contributed by atoms with van der Waals surface area (Å²) in [5.41, 5.74) is 3.34. The summed E-state index contributed by atoms with van der Waals surface area (Å²) in [7, 11) is 0. The number of anilines is 1. The van der Waals surface area contributed by atoms with E-state index in [1.165, 1.54) is 5.56 Å². The van der Waals surface area contributed by atoms with Gasteiger partial charge in [-0.05, 0) is 55.7 Å². The van der Waals surface area contributed by atoms with E-state index < -0.39 is 5.97 Å². The molecule has 3 rings (SSSR count). The van der Waals surface area contributed by atoms with Crippen molar-refractivity contribution in [1.29, 1.82) is 0 Å². The van der Waals surface area contributed by atoms with Gasteiger partial charge in [0.2, 0.25) is 0 Å². The van der Waals surface area contributed by atoms with Gasteiger partial charge in [0, 0.05) is 25.3 Å². The van der Waals surface area contributed by atoms with Gasteiger partial charge in [0.15, 0.2) is 0 Å². The minimum Gasteiger partial charge on any atom is -0.481 e. The number of amides is 1. The van der Waals surface area contributed by atoms with Crippen molar-refractivity contribution in [3.63, 3.8) is 0 Å². The maximum Gasteiger partial charge on any atom is 0.303 e. The standard InChI is InChI=1S/C18H23NO4/c20-17(21)7-1-4-13-8-9-15-14(12-13)5-2-10-19(15)18(22)16-6-3-11-23-16/h8-9,12,16H,1-7,10-11H2,(H,20,21). The molecule has 0 radical (unpaired) electrons. The molecule has 2 aliphatic rings. The Bertz CT molecular complexity index is 593. The molecule has 5 nitrogen and oxygen atoms in total. The Morgan fingerprint density at radius 3 is 2.91 bits per heavy atom. The van der Waals surface area contributed by atoms with Crippen molar-refractivity contribution >= 4 is 17.6 Å². The highest BCUT2D eigenvalue weighted by molar-refractivity contribution is 5.97. The largest absolute Gasteiger partial charge is 0.481 e. The van der Waals surface area contributed by atoms with E-state index in [0.29, 0.717) is 13.0 Å². The van der Waals surface area contributed by atoms with E-state index in [-0.39, 0.29) is 18.4 Å². The molecule has 124 valence electrons. The minimum absolute atomic E-state index is 0.0853. The smallest absolute Gasteiger partial charge is 0.303 e. The van der Waals surface area contributed by atoms with Crippen LogP contribution in [0.4, 0.5) is 5.69 Å². The van der Waals surface area contributed by atoms with Gasteiger partial charge < -0.3 is 14.7 Å². The van der Waals surface area contributed by atoms with E-state index in [9.17, 15) is 9.59 Å². The lowest BCUT2D eigenvalue weighted by Crippen LogP contribution is -2.42. The molecular weight excluding hydrogens is 294 g/mol. The summed E-state index contributed by atoms with van der Waals surface area (Å²) in [4.78, 5) is 25.1. The number of carboxylic acid groups (broad SMARTS) is 1. The van der Waals surface area contributed by atoms with Crippen LogP contribution in [0, 0.1) is 0 Å². The fourth-order valence-corrected chi connectivity index (χ4v) is 3.42. The molecule has 0 spiro atoms. The van der Waals surface area contributed by atoms with Crippen LogP contribution >= 0.6 is 0 Å². The van der Waals surface area contributed by atoms with Crippen LogP contribution in [0.3, 0.4) is 0 Å². The summed E-state index contributed by atoms with van der Waals surface area (Å²) in [5.74, 6) is -0.668. The van der Waals surface area contributed by atoms with Crippen molar-refractivity contribution in [3.8, 4) is 0 Å². The van der Waals surface area contributed by atoms with Crippen LogP contribution in [0.1, 0.15) is 43.2 Å². The van der Waals surface area contributed by atoms with Gasteiger partial charge in [0.25, 0.3) is 5.91 Å². The van der Waals surface area contributed by atoms with Crippen LogP contribution in [0.25, 0.3) is 0 Å². The Balaban J connectivity index is 1.71. The van der Waals surface area contributed by atoms with Crippen LogP contribution in [-0.2, 0) is 27.2 Å². The predicted molar refractivity (Wildman–Crippen MR) is 86.7 cm³/mol. The number of rotatable bonds is 5. The predicted octanol–water partition coefficient (Wildman–Crippen LogP) is 2.55. The van der Waals surface area contributed by atoms with Gasteiger partial charge >= 0.3 is 5.97 Å². The fourth-order valence-electron chi connectivity index (χ4n) is 3.42. The number of benzene rings is 1. The Labute approximate surface area is 136 Å². The third kappa shape index (κ3) is 3.72. The third-order valence-electron chi connectivity index (χ3n) is 4.59. The van der Waals surface area contributed by atoms with Gasteiger partial charge in [-0.15, -0.1) is 0 Å². The van der Waals surface area contributed by atoms with Gasteiger partial charge in [-0.1, -0.05) is 12.1 Å². The molecule has 1 amide bonds. The summed E-state index contributed by atoms with van der Waals surface area (Å²) in [6.45, 7) is 1.43. The molecule has 1 unspecified atom stereocenters. The maximum absolute atomic E-state index is 12.6. The molecule has 2 aliphatic heterocycles. The molecule has 1 saturated heterocycles. The molecule has 1 aromatic rings. The number of hydrogen-bond acceptors (Lipinski definition) is 3. The number of carboxylic acids is 1. The first kappa shape index (κ1) is 16.0. The number of aryl methyl sites for hydroxylation is 2. The average Bonchev–Trinajstić information content (AvgIpc) is 3.07. The van der Waals surface area contributed by atoms with Gasteiger partial charge in [-0.3, -0.25) is 9.59 Å². The lowest BCUT2D eigenvalue weighted by Gasteiger charge is -2.31. The minimum atomic E-state index is -0.753. The van der Waals surface area contributed by atoms with Gasteiger partial charge in [-0.2, -0.15) is 0 Å². The second kappa shape index (κ2) is 7.13. The van der Waals surface area contributed by atoms with Gasteiger partial charge in [0.1, 0.15) is 6.10 Å². The molecule has 1 aromatic carbocycles. The third-order valence-corrected chi connectivity index (χ3v) is 4.59. The van der Waals surface area contributed by atoms with Crippen LogP contribution in [0.2, 0.25) is 0 Å². The van der Waals surface area contributed by atoms with Gasteiger partial charge in [-0.25, -0.2) is 0 Å². The highest BCUT2D eigenvalue weighted by Gasteiger charge is 2.31. The van der Waals surface area contributed by atoms with Crippen molar-refractivity contribution in [1.82, 2.24) is 0 Å². The molecule has 0 saturated carbocycles. The summed E-state index contributed by atoms with van der Waals surface area (Å²) in [6.07, 6.45) is 5.03. The maximum atomic E-state index is 12.6. The SMILES string of the molecule is O=C(O)CCCc1ccc2c(c1)CCCN2C(=O)C1CCCO1. The Morgan fingerprint density at radius 2 is 2.17 bits per heavy atom. The average molecular weight is 317 g/mol. The van der Waals surface area contributed by atoms with E-state index >= 15 is 0 Å². The topological polar surface area (TPSA) is 66.8 Å². The Morgan fingerprint density at radius 1 is 1.30 bits per heavy atom. The molecule has 1 atom stereocenters. The highest BCUT2D eigenvalue weighted by atomic mass is 16.5. The number of aliphatic carboxylic acids is 1. The first-order valence-corrected chi connectivity index (χ1v) is 8.42. The van der Waals surface area contributed by atoms with E-state index in [0.717, 1.165) is 49.9 Å². The summed E-state index contributed by atoms with van der Waals surface area (Å²) < 4.78 is 5.54. The van der Waals surface area contributed by atoms with E-state index in [1.54, 1.807) is 0 Å². The number of nitrogens with zero attached hydrogens (tertiary/aromatic N) is 1. The number of hydrogen-bond donors (Lipinski definition) is 1. The lowest BCUT2D eigenvalue weighted by molar-refractivity contribution is -0.137. The number of ether oxygens (including phenoxy) is 1. The zero-order valence-electron chi connectivity index (χ0n) is 13.3. The quantitative estimate of drug-likeness (QED) is 0.906.